The first-order valence-corrected chi connectivity index (χ1v) is 5.51. The lowest BCUT2D eigenvalue weighted by Crippen LogP contribution is -2.49. The fourth-order valence-corrected chi connectivity index (χ4v) is 1.87. The Labute approximate surface area is 108 Å². The molecular weight excluding hydrogens is 260 g/mol. The smallest absolute Gasteiger partial charge is 0.408 e. The molecule has 1 atom stereocenters. The molecule has 0 spiro atoms. The summed E-state index contributed by atoms with van der Waals surface area (Å²) in [4.78, 5) is 11.1. The minimum atomic E-state index is -3.21. The molecule has 1 saturated heterocycles. The third kappa shape index (κ3) is 2.54. The zero-order chi connectivity index (χ0) is 14.0. The first-order valence-electron chi connectivity index (χ1n) is 5.51. The summed E-state index contributed by atoms with van der Waals surface area (Å²) in [6.07, 6.45) is -0.881. The predicted octanol–water partition coefficient (Wildman–Crippen LogP) is 2.12. The minimum Gasteiger partial charge on any atom is -0.497 e. The third-order valence-electron chi connectivity index (χ3n) is 2.83. The molecule has 0 saturated carbocycles. The zero-order valence-electron chi connectivity index (χ0n) is 10.4. The number of cyclic esters (lactones) is 1. The number of carbonyl (C=O) groups excluding carboxylic acids is 1. The second-order valence-corrected chi connectivity index (χ2v) is 4.02. The summed E-state index contributed by atoms with van der Waals surface area (Å²) in [6.45, 7) is -0.960. The van der Waals surface area contributed by atoms with E-state index in [0.29, 0.717) is 5.75 Å². The van der Waals surface area contributed by atoms with Crippen LogP contribution in [0.2, 0.25) is 0 Å². The molecule has 104 valence electrons. The maximum atomic E-state index is 13.8. The van der Waals surface area contributed by atoms with Gasteiger partial charge in [0.2, 0.25) is 0 Å². The lowest BCUT2D eigenvalue weighted by atomic mass is 9.99. The van der Waals surface area contributed by atoms with E-state index in [2.05, 4.69) is 10.1 Å². The van der Waals surface area contributed by atoms with Crippen LogP contribution in [0.5, 0.6) is 11.5 Å². The van der Waals surface area contributed by atoms with Crippen molar-refractivity contribution in [3.05, 3.63) is 23.8 Å². The van der Waals surface area contributed by atoms with Crippen LogP contribution in [0.25, 0.3) is 0 Å². The van der Waals surface area contributed by atoms with E-state index >= 15 is 0 Å². The van der Waals surface area contributed by atoms with Gasteiger partial charge in [0.15, 0.2) is 6.61 Å². The number of alkyl halides is 2. The number of nitrogens with one attached hydrogen (secondary N) is 1. The summed E-state index contributed by atoms with van der Waals surface area (Å²) in [5.41, 5.74) is 0.171. The van der Waals surface area contributed by atoms with Crippen LogP contribution in [0, 0.1) is 0 Å². The molecule has 1 aromatic carbocycles. The van der Waals surface area contributed by atoms with Crippen molar-refractivity contribution in [2.75, 3.05) is 20.8 Å². The number of alkyl carbamates (subject to hydrolysis) is 1. The average molecular weight is 273 g/mol. The van der Waals surface area contributed by atoms with Crippen molar-refractivity contribution in [1.29, 1.82) is 0 Å². The van der Waals surface area contributed by atoms with Gasteiger partial charge < -0.3 is 19.5 Å². The van der Waals surface area contributed by atoms with Crippen LogP contribution in [0.4, 0.5) is 13.6 Å². The van der Waals surface area contributed by atoms with Crippen molar-refractivity contribution >= 4 is 6.09 Å². The fourth-order valence-electron chi connectivity index (χ4n) is 1.87. The van der Waals surface area contributed by atoms with Crippen LogP contribution >= 0.6 is 0 Å². The molecular formula is C12H13F2NO4. The molecule has 0 unspecified atom stereocenters. The number of carbonyl (C=O) groups is 1. The van der Waals surface area contributed by atoms with E-state index in [1.807, 2.05) is 0 Å². The van der Waals surface area contributed by atoms with E-state index < -0.39 is 24.7 Å². The van der Waals surface area contributed by atoms with Crippen LogP contribution in [-0.2, 0) is 4.74 Å². The summed E-state index contributed by atoms with van der Waals surface area (Å²) >= 11 is 0. The van der Waals surface area contributed by atoms with Crippen molar-refractivity contribution in [1.82, 2.24) is 5.32 Å². The number of ether oxygens (including phenoxy) is 3. The number of methoxy groups -OCH3 is 2. The van der Waals surface area contributed by atoms with Gasteiger partial charge in [0.25, 0.3) is 0 Å². The summed E-state index contributed by atoms with van der Waals surface area (Å²) in [5.74, 6) is -2.52. The molecule has 19 heavy (non-hydrogen) atoms. The Morgan fingerprint density at radius 1 is 1.37 bits per heavy atom. The number of halogens is 2. The normalized spacial score (nSPS) is 21.3. The molecule has 1 amide bonds. The molecule has 1 heterocycles. The van der Waals surface area contributed by atoms with E-state index in [-0.39, 0.29) is 11.3 Å². The molecule has 0 bridgehead atoms. The summed E-state index contributed by atoms with van der Waals surface area (Å²) < 4.78 is 42.0. The summed E-state index contributed by atoms with van der Waals surface area (Å²) in [5, 5.41) is 2.10. The van der Waals surface area contributed by atoms with Gasteiger partial charge in [-0.2, -0.15) is 0 Å². The van der Waals surface area contributed by atoms with Gasteiger partial charge in [-0.05, 0) is 12.1 Å². The Balaban J connectivity index is 2.41. The second kappa shape index (κ2) is 4.91. The fraction of sp³-hybridized carbons (Fsp3) is 0.417. The van der Waals surface area contributed by atoms with Crippen molar-refractivity contribution in [3.8, 4) is 11.5 Å². The van der Waals surface area contributed by atoms with Gasteiger partial charge >= 0.3 is 12.0 Å². The molecule has 1 aliphatic rings. The van der Waals surface area contributed by atoms with E-state index in [1.54, 1.807) is 0 Å². The van der Waals surface area contributed by atoms with Crippen molar-refractivity contribution in [3.63, 3.8) is 0 Å². The number of amides is 1. The van der Waals surface area contributed by atoms with Crippen molar-refractivity contribution in [2.45, 2.75) is 12.0 Å². The number of rotatable bonds is 3. The standard InChI is InChI=1S/C12H13F2NO4/c1-17-7-3-4-8(9(5-7)18-2)10-12(13,14)6-19-11(16)15-10/h3-5,10H,6H2,1-2H3,(H,15,16)/t10-/m0/s1. The van der Waals surface area contributed by atoms with Crippen LogP contribution in [0.3, 0.4) is 0 Å². The van der Waals surface area contributed by atoms with Gasteiger partial charge in [-0.25, -0.2) is 13.6 Å². The number of benzene rings is 1. The van der Waals surface area contributed by atoms with Gasteiger partial charge in [-0.1, -0.05) is 0 Å². The maximum Gasteiger partial charge on any atom is 0.408 e. The Morgan fingerprint density at radius 2 is 2.11 bits per heavy atom. The largest absolute Gasteiger partial charge is 0.497 e. The Hall–Kier alpha value is -2.05. The highest BCUT2D eigenvalue weighted by Crippen LogP contribution is 2.39. The highest BCUT2D eigenvalue weighted by molar-refractivity contribution is 5.69. The molecule has 5 nitrogen and oxygen atoms in total. The van der Waals surface area contributed by atoms with Crippen molar-refractivity contribution in [2.24, 2.45) is 0 Å². The monoisotopic (exact) mass is 273 g/mol. The van der Waals surface area contributed by atoms with Crippen molar-refractivity contribution < 1.29 is 27.8 Å². The van der Waals surface area contributed by atoms with Gasteiger partial charge in [-0.15, -0.1) is 0 Å². The molecule has 0 aliphatic carbocycles. The Kier molecular flexibility index (Phi) is 3.46. The summed E-state index contributed by atoms with van der Waals surface area (Å²) in [6, 6.07) is 2.94. The highest BCUT2D eigenvalue weighted by atomic mass is 19.3. The molecule has 7 heteroatoms. The van der Waals surface area contributed by atoms with E-state index in [4.69, 9.17) is 9.47 Å². The first kappa shape index (κ1) is 13.4. The van der Waals surface area contributed by atoms with Crippen LogP contribution in [0.1, 0.15) is 11.6 Å². The zero-order valence-corrected chi connectivity index (χ0v) is 10.4. The Morgan fingerprint density at radius 3 is 2.74 bits per heavy atom. The highest BCUT2D eigenvalue weighted by Gasteiger charge is 2.47. The quantitative estimate of drug-likeness (QED) is 0.916. The lowest BCUT2D eigenvalue weighted by Gasteiger charge is -2.32. The van der Waals surface area contributed by atoms with Crippen LogP contribution in [0.15, 0.2) is 18.2 Å². The molecule has 2 rings (SSSR count). The van der Waals surface area contributed by atoms with Crippen LogP contribution < -0.4 is 14.8 Å². The maximum absolute atomic E-state index is 13.8. The molecule has 1 N–H and O–H groups in total. The van der Waals surface area contributed by atoms with E-state index in [9.17, 15) is 13.6 Å². The van der Waals surface area contributed by atoms with E-state index in [0.717, 1.165) is 0 Å². The minimum absolute atomic E-state index is 0.171. The van der Waals surface area contributed by atoms with Crippen LogP contribution in [-0.4, -0.2) is 32.8 Å². The van der Waals surface area contributed by atoms with Gasteiger partial charge in [0.1, 0.15) is 17.5 Å². The predicted molar refractivity (Wildman–Crippen MR) is 61.7 cm³/mol. The molecule has 1 fully saturated rings. The average Bonchev–Trinajstić information content (AvgIpc) is 2.41. The molecule has 1 aromatic rings. The van der Waals surface area contributed by atoms with Gasteiger partial charge in [-0.3, -0.25) is 0 Å². The third-order valence-corrected chi connectivity index (χ3v) is 2.83. The number of hydrogen-bond donors (Lipinski definition) is 1. The topological polar surface area (TPSA) is 56.8 Å². The number of hydrogen-bond acceptors (Lipinski definition) is 4. The molecule has 1 aliphatic heterocycles. The SMILES string of the molecule is COc1ccc([C@@H]2NC(=O)OCC2(F)F)c(OC)c1. The van der Waals surface area contributed by atoms with Gasteiger partial charge in [0.05, 0.1) is 14.2 Å². The summed E-state index contributed by atoms with van der Waals surface area (Å²) in [7, 11) is 2.82. The van der Waals surface area contributed by atoms with E-state index in [1.165, 1.54) is 32.4 Å². The lowest BCUT2D eigenvalue weighted by molar-refractivity contribution is -0.104. The molecule has 0 aromatic heterocycles. The molecule has 0 radical (unpaired) electrons. The van der Waals surface area contributed by atoms with Gasteiger partial charge in [0, 0.05) is 11.6 Å². The second-order valence-electron chi connectivity index (χ2n) is 4.02. The Bertz CT molecular complexity index is 493. The first-order chi connectivity index (χ1) is 8.97.